The molecule has 86 valence electrons. The van der Waals surface area contributed by atoms with Crippen LogP contribution in [-0.4, -0.2) is 34.3 Å². The molecule has 0 saturated carbocycles. The third kappa shape index (κ3) is 7.65. The molecule has 2 N–H and O–H groups in total. The molecule has 0 aromatic carbocycles. The fourth-order valence-electron chi connectivity index (χ4n) is 1.13. The number of nitrogens with one attached hydrogen (secondary N) is 1. The predicted molar refractivity (Wildman–Crippen MR) is 66.0 cm³/mol. The van der Waals surface area contributed by atoms with Crippen molar-refractivity contribution < 1.29 is 5.11 Å². The zero-order chi connectivity index (χ0) is 11.2. The van der Waals surface area contributed by atoms with Crippen LogP contribution in [0.1, 0.15) is 41.0 Å². The molecule has 0 amide bonds. The Labute approximate surface area is 92.9 Å². The Kier molecular flexibility index (Phi) is 6.83. The number of hydrogen-bond donors (Lipinski definition) is 2. The number of hydrogen-bond acceptors (Lipinski definition) is 3. The Morgan fingerprint density at radius 2 is 1.93 bits per heavy atom. The number of aliphatic hydroxyl groups excluding tert-OH is 1. The average molecular weight is 219 g/mol. The fourth-order valence-corrected chi connectivity index (χ4v) is 1.97. The molecular formula is C11H25NOS. The molecule has 0 saturated heterocycles. The van der Waals surface area contributed by atoms with Gasteiger partial charge in [-0.05, 0) is 13.3 Å². The Morgan fingerprint density at radius 1 is 1.36 bits per heavy atom. The molecule has 0 aliphatic heterocycles. The van der Waals surface area contributed by atoms with Crippen LogP contribution in [0.25, 0.3) is 0 Å². The van der Waals surface area contributed by atoms with E-state index in [9.17, 15) is 0 Å². The third-order valence-electron chi connectivity index (χ3n) is 2.00. The van der Waals surface area contributed by atoms with E-state index in [1.807, 2.05) is 11.8 Å². The summed E-state index contributed by atoms with van der Waals surface area (Å²) in [4.78, 5) is 0. The lowest BCUT2D eigenvalue weighted by molar-refractivity contribution is 0.232. The Morgan fingerprint density at radius 3 is 2.29 bits per heavy atom. The van der Waals surface area contributed by atoms with E-state index >= 15 is 0 Å². The lowest BCUT2D eigenvalue weighted by Gasteiger charge is -2.24. The average Bonchev–Trinajstić information content (AvgIpc) is 2.09. The minimum atomic E-state index is 0.237. The second kappa shape index (κ2) is 6.70. The van der Waals surface area contributed by atoms with Gasteiger partial charge < -0.3 is 10.4 Å². The summed E-state index contributed by atoms with van der Waals surface area (Å²) in [5.74, 6) is 1.10. The van der Waals surface area contributed by atoms with Gasteiger partial charge in [0.15, 0.2) is 0 Å². The van der Waals surface area contributed by atoms with E-state index < -0.39 is 0 Å². The lowest BCUT2D eigenvalue weighted by Crippen LogP contribution is -2.40. The minimum Gasteiger partial charge on any atom is -0.395 e. The molecular weight excluding hydrogens is 194 g/mol. The molecule has 0 fully saturated rings. The van der Waals surface area contributed by atoms with Crippen LogP contribution in [0.5, 0.6) is 0 Å². The second-order valence-electron chi connectivity index (χ2n) is 4.78. The zero-order valence-electron chi connectivity index (χ0n) is 10.1. The van der Waals surface area contributed by atoms with E-state index in [1.54, 1.807) is 0 Å². The maximum absolute atomic E-state index is 9.03. The monoisotopic (exact) mass is 219 g/mol. The first-order chi connectivity index (χ1) is 6.39. The topological polar surface area (TPSA) is 32.3 Å². The predicted octanol–water partition coefficient (Wildman–Crippen LogP) is 2.27. The van der Waals surface area contributed by atoms with Crippen molar-refractivity contribution in [1.82, 2.24) is 5.32 Å². The standard InChI is InChI=1S/C11H25NOS/c1-6-10(7-13)12-9(2)8-14-11(3,4)5/h9-10,12-13H,6-8H2,1-5H3/t9?,10-/m1/s1. The SMILES string of the molecule is CC[C@H](CO)NC(C)CSC(C)(C)C. The zero-order valence-corrected chi connectivity index (χ0v) is 10.9. The van der Waals surface area contributed by atoms with E-state index in [4.69, 9.17) is 5.11 Å². The molecule has 0 bridgehead atoms. The van der Waals surface area contributed by atoms with Crippen molar-refractivity contribution in [3.8, 4) is 0 Å². The smallest absolute Gasteiger partial charge is 0.0584 e. The molecule has 0 rings (SSSR count). The molecule has 2 atom stereocenters. The van der Waals surface area contributed by atoms with Crippen LogP contribution in [0, 0.1) is 0 Å². The molecule has 0 aromatic heterocycles. The van der Waals surface area contributed by atoms with Crippen molar-refractivity contribution in [3.63, 3.8) is 0 Å². The van der Waals surface area contributed by atoms with Crippen LogP contribution in [0.3, 0.4) is 0 Å². The van der Waals surface area contributed by atoms with Crippen molar-refractivity contribution in [2.24, 2.45) is 0 Å². The van der Waals surface area contributed by atoms with Crippen LogP contribution >= 0.6 is 11.8 Å². The number of thioether (sulfide) groups is 1. The maximum atomic E-state index is 9.03. The van der Waals surface area contributed by atoms with Crippen molar-refractivity contribution in [2.75, 3.05) is 12.4 Å². The van der Waals surface area contributed by atoms with Crippen molar-refractivity contribution >= 4 is 11.8 Å². The van der Waals surface area contributed by atoms with Gasteiger partial charge in [-0.25, -0.2) is 0 Å². The van der Waals surface area contributed by atoms with Crippen LogP contribution in [0.2, 0.25) is 0 Å². The van der Waals surface area contributed by atoms with Crippen LogP contribution in [0.4, 0.5) is 0 Å². The number of rotatable bonds is 6. The van der Waals surface area contributed by atoms with E-state index in [-0.39, 0.29) is 12.6 Å². The van der Waals surface area contributed by atoms with Gasteiger partial charge in [-0.15, -0.1) is 0 Å². The van der Waals surface area contributed by atoms with Crippen molar-refractivity contribution in [2.45, 2.75) is 57.9 Å². The lowest BCUT2D eigenvalue weighted by atomic mass is 10.2. The second-order valence-corrected chi connectivity index (χ2v) is 6.63. The normalized spacial score (nSPS) is 16.7. The number of aliphatic hydroxyl groups is 1. The summed E-state index contributed by atoms with van der Waals surface area (Å²) in [6.45, 7) is 11.2. The summed E-state index contributed by atoms with van der Waals surface area (Å²) < 4.78 is 0.330. The maximum Gasteiger partial charge on any atom is 0.0584 e. The highest BCUT2D eigenvalue weighted by molar-refractivity contribution is 8.00. The molecule has 1 unspecified atom stereocenters. The first-order valence-corrected chi connectivity index (χ1v) is 6.38. The molecule has 0 aromatic rings. The first kappa shape index (κ1) is 14.3. The van der Waals surface area contributed by atoms with Crippen LogP contribution in [0.15, 0.2) is 0 Å². The first-order valence-electron chi connectivity index (χ1n) is 5.40. The Bertz CT molecular complexity index is 141. The molecule has 0 radical (unpaired) electrons. The minimum absolute atomic E-state index is 0.237. The van der Waals surface area contributed by atoms with Gasteiger partial charge in [0.1, 0.15) is 0 Å². The molecule has 0 aliphatic rings. The summed E-state index contributed by atoms with van der Waals surface area (Å²) in [6, 6.07) is 0.724. The van der Waals surface area contributed by atoms with E-state index in [0.717, 1.165) is 12.2 Å². The molecule has 14 heavy (non-hydrogen) atoms. The summed E-state index contributed by atoms with van der Waals surface area (Å²) in [7, 11) is 0. The third-order valence-corrected chi connectivity index (χ3v) is 3.53. The highest BCUT2D eigenvalue weighted by atomic mass is 32.2. The van der Waals surface area contributed by atoms with E-state index in [0.29, 0.717) is 10.8 Å². The molecule has 0 aliphatic carbocycles. The van der Waals surface area contributed by atoms with E-state index in [1.165, 1.54) is 0 Å². The van der Waals surface area contributed by atoms with Gasteiger partial charge in [0.05, 0.1) is 6.61 Å². The highest BCUT2D eigenvalue weighted by Gasteiger charge is 2.14. The Balaban J connectivity index is 3.69. The molecule has 2 nitrogen and oxygen atoms in total. The van der Waals surface area contributed by atoms with Gasteiger partial charge in [0.2, 0.25) is 0 Å². The molecule has 3 heteroatoms. The highest BCUT2D eigenvalue weighted by Crippen LogP contribution is 2.23. The van der Waals surface area contributed by atoms with Crippen molar-refractivity contribution in [3.05, 3.63) is 0 Å². The van der Waals surface area contributed by atoms with Crippen LogP contribution in [-0.2, 0) is 0 Å². The van der Waals surface area contributed by atoms with Gasteiger partial charge in [-0.2, -0.15) is 11.8 Å². The van der Waals surface area contributed by atoms with Crippen LogP contribution < -0.4 is 5.32 Å². The summed E-state index contributed by atoms with van der Waals surface area (Å²) in [5, 5.41) is 12.5. The summed E-state index contributed by atoms with van der Waals surface area (Å²) >= 11 is 1.96. The van der Waals surface area contributed by atoms with E-state index in [2.05, 4.69) is 39.9 Å². The Hall–Kier alpha value is 0.270. The molecule has 0 spiro atoms. The fraction of sp³-hybridized carbons (Fsp3) is 1.00. The van der Waals surface area contributed by atoms with Crippen molar-refractivity contribution in [1.29, 1.82) is 0 Å². The van der Waals surface area contributed by atoms with Gasteiger partial charge in [0.25, 0.3) is 0 Å². The quantitative estimate of drug-likeness (QED) is 0.719. The van der Waals surface area contributed by atoms with Gasteiger partial charge in [-0.1, -0.05) is 27.7 Å². The van der Waals surface area contributed by atoms with Gasteiger partial charge >= 0.3 is 0 Å². The largest absolute Gasteiger partial charge is 0.395 e. The van der Waals surface area contributed by atoms with Gasteiger partial charge in [0, 0.05) is 22.6 Å². The van der Waals surface area contributed by atoms with Gasteiger partial charge in [-0.3, -0.25) is 0 Å². The summed E-state index contributed by atoms with van der Waals surface area (Å²) in [5.41, 5.74) is 0. The molecule has 0 heterocycles. The summed E-state index contributed by atoms with van der Waals surface area (Å²) in [6.07, 6.45) is 0.987.